The van der Waals surface area contributed by atoms with Gasteiger partial charge >= 0.3 is 5.97 Å². The molecule has 0 atom stereocenters. The molecule has 108 valence electrons. The van der Waals surface area contributed by atoms with Crippen molar-refractivity contribution < 1.29 is 19.1 Å². The molecule has 1 N–H and O–H groups in total. The minimum atomic E-state index is -1.07. The van der Waals surface area contributed by atoms with Gasteiger partial charge in [-0.25, -0.2) is 4.79 Å². The third-order valence-corrected chi connectivity index (χ3v) is 4.09. The Hall–Kier alpha value is -2.28. The first-order valence-electron chi connectivity index (χ1n) is 6.04. The molecule has 0 radical (unpaired) electrons. The van der Waals surface area contributed by atoms with Crippen LogP contribution in [-0.4, -0.2) is 28.0 Å². The van der Waals surface area contributed by atoms with Crippen LogP contribution in [0.1, 0.15) is 10.5 Å². The van der Waals surface area contributed by atoms with Gasteiger partial charge in [-0.05, 0) is 34.1 Å². The fraction of sp³-hybridized carbons (Fsp3) is 0.143. The molecule has 7 heteroatoms. The zero-order valence-electron chi connectivity index (χ0n) is 11.3. The van der Waals surface area contributed by atoms with Crippen molar-refractivity contribution in [1.29, 1.82) is 0 Å². The van der Waals surface area contributed by atoms with E-state index in [1.807, 2.05) is 6.07 Å². The monoisotopic (exact) mass is 350 g/mol. The number of methoxy groups -OCH3 is 1. The van der Waals surface area contributed by atoms with Gasteiger partial charge in [0.05, 0.1) is 19.1 Å². The minimum Gasteiger partial charge on any atom is -0.493 e. The molecule has 3 rings (SSSR count). The van der Waals surface area contributed by atoms with Crippen molar-refractivity contribution in [2.45, 2.75) is 0 Å². The standard InChI is InChI=1S/C14H11BrN2O4/c1-17-10(6-9(16-17)14(18)19)8-5-11(20-2)13-7(12(8)15)3-4-21-13/h3-6H,1-2H3,(H,18,19). The number of carboxylic acids is 1. The molecule has 0 saturated heterocycles. The zero-order valence-corrected chi connectivity index (χ0v) is 12.8. The first-order valence-corrected chi connectivity index (χ1v) is 6.83. The van der Waals surface area contributed by atoms with Crippen LogP contribution >= 0.6 is 15.9 Å². The molecule has 0 saturated carbocycles. The average molecular weight is 351 g/mol. The zero-order chi connectivity index (χ0) is 15.1. The SMILES string of the molecule is COc1cc(-c2cc(C(=O)O)nn2C)c(Br)c2ccoc12. The third kappa shape index (κ3) is 2.09. The van der Waals surface area contributed by atoms with Crippen molar-refractivity contribution in [3.05, 3.63) is 34.6 Å². The van der Waals surface area contributed by atoms with Crippen LogP contribution in [0.3, 0.4) is 0 Å². The lowest BCUT2D eigenvalue weighted by molar-refractivity contribution is 0.0689. The van der Waals surface area contributed by atoms with Crippen LogP contribution in [0.25, 0.3) is 22.2 Å². The third-order valence-electron chi connectivity index (χ3n) is 3.23. The number of nitrogens with zero attached hydrogens (tertiary/aromatic N) is 2. The molecule has 0 amide bonds. The first-order chi connectivity index (χ1) is 10.0. The number of aryl methyl sites for hydroxylation is 1. The fourth-order valence-corrected chi connectivity index (χ4v) is 2.87. The van der Waals surface area contributed by atoms with E-state index in [1.54, 1.807) is 26.5 Å². The molecular formula is C14H11BrN2O4. The summed E-state index contributed by atoms with van der Waals surface area (Å²) in [6, 6.07) is 5.13. The molecule has 21 heavy (non-hydrogen) atoms. The predicted octanol–water partition coefficient (Wildman–Crippen LogP) is 3.30. The van der Waals surface area contributed by atoms with E-state index < -0.39 is 5.97 Å². The van der Waals surface area contributed by atoms with Crippen LogP contribution in [-0.2, 0) is 7.05 Å². The predicted molar refractivity (Wildman–Crippen MR) is 79.6 cm³/mol. The summed E-state index contributed by atoms with van der Waals surface area (Å²) >= 11 is 3.54. The number of hydrogen-bond donors (Lipinski definition) is 1. The van der Waals surface area contributed by atoms with E-state index in [2.05, 4.69) is 21.0 Å². The summed E-state index contributed by atoms with van der Waals surface area (Å²) in [4.78, 5) is 11.0. The van der Waals surface area contributed by atoms with Gasteiger partial charge in [-0.2, -0.15) is 5.10 Å². The van der Waals surface area contributed by atoms with Gasteiger partial charge in [-0.1, -0.05) is 0 Å². The van der Waals surface area contributed by atoms with E-state index in [4.69, 9.17) is 14.3 Å². The molecule has 0 aliphatic heterocycles. The van der Waals surface area contributed by atoms with Gasteiger partial charge in [-0.15, -0.1) is 0 Å². The van der Waals surface area contributed by atoms with Crippen molar-refractivity contribution >= 4 is 32.9 Å². The quantitative estimate of drug-likeness (QED) is 0.783. The van der Waals surface area contributed by atoms with Crippen molar-refractivity contribution in [3.8, 4) is 17.0 Å². The Labute approximate surface area is 128 Å². The van der Waals surface area contributed by atoms with Crippen LogP contribution < -0.4 is 4.74 Å². The van der Waals surface area contributed by atoms with Gasteiger partial charge in [0, 0.05) is 22.5 Å². The molecule has 0 aliphatic rings. The first kappa shape index (κ1) is 13.7. The molecule has 1 aromatic carbocycles. The Morgan fingerprint density at radius 1 is 1.48 bits per heavy atom. The summed E-state index contributed by atoms with van der Waals surface area (Å²) in [5.74, 6) is -0.490. The smallest absolute Gasteiger partial charge is 0.356 e. The lowest BCUT2D eigenvalue weighted by Gasteiger charge is -2.09. The maximum atomic E-state index is 11.0. The van der Waals surface area contributed by atoms with Crippen molar-refractivity contribution in [3.63, 3.8) is 0 Å². The van der Waals surface area contributed by atoms with E-state index in [0.29, 0.717) is 17.0 Å². The summed E-state index contributed by atoms with van der Waals surface area (Å²) in [5, 5.41) is 13.9. The number of carboxylic acid groups (broad SMARTS) is 1. The van der Waals surface area contributed by atoms with E-state index in [0.717, 1.165) is 15.4 Å². The molecule has 6 nitrogen and oxygen atoms in total. The summed E-state index contributed by atoms with van der Waals surface area (Å²) in [6.45, 7) is 0. The Balaban J connectivity index is 2.29. The Morgan fingerprint density at radius 3 is 2.86 bits per heavy atom. The van der Waals surface area contributed by atoms with Crippen LogP contribution in [0.15, 0.2) is 33.4 Å². The highest BCUT2D eigenvalue weighted by Gasteiger charge is 2.19. The molecule has 0 fully saturated rings. The Bertz CT molecular complexity index is 850. The number of aromatic carboxylic acids is 1. The number of ether oxygens (including phenoxy) is 1. The minimum absolute atomic E-state index is 0.00865. The topological polar surface area (TPSA) is 77.5 Å². The number of rotatable bonds is 3. The molecule has 3 aromatic rings. The number of carbonyl (C=O) groups is 1. The normalized spacial score (nSPS) is 11.0. The van der Waals surface area contributed by atoms with E-state index in [9.17, 15) is 4.79 Å². The van der Waals surface area contributed by atoms with Crippen LogP contribution in [0.2, 0.25) is 0 Å². The summed E-state index contributed by atoms with van der Waals surface area (Å²) in [7, 11) is 3.25. The summed E-state index contributed by atoms with van der Waals surface area (Å²) in [6.07, 6.45) is 1.58. The van der Waals surface area contributed by atoms with Gasteiger partial charge < -0.3 is 14.3 Å². The lowest BCUT2D eigenvalue weighted by atomic mass is 10.1. The van der Waals surface area contributed by atoms with Gasteiger partial charge in [0.2, 0.25) is 0 Å². The molecule has 0 spiro atoms. The van der Waals surface area contributed by atoms with Gasteiger partial charge in [-0.3, -0.25) is 4.68 Å². The number of furan rings is 1. The van der Waals surface area contributed by atoms with Crippen LogP contribution in [0.5, 0.6) is 5.75 Å². The van der Waals surface area contributed by atoms with Crippen molar-refractivity contribution in [1.82, 2.24) is 9.78 Å². The molecule has 0 bridgehead atoms. The molecular weight excluding hydrogens is 340 g/mol. The Kier molecular flexibility index (Phi) is 3.21. The maximum Gasteiger partial charge on any atom is 0.356 e. The molecule has 0 aliphatic carbocycles. The number of fused-ring (bicyclic) bond motifs is 1. The second-order valence-electron chi connectivity index (χ2n) is 4.45. The van der Waals surface area contributed by atoms with Gasteiger partial charge in [0.1, 0.15) is 0 Å². The maximum absolute atomic E-state index is 11.0. The second-order valence-corrected chi connectivity index (χ2v) is 5.24. The highest BCUT2D eigenvalue weighted by Crippen LogP contribution is 2.40. The number of halogens is 1. The number of benzene rings is 1. The van der Waals surface area contributed by atoms with Crippen molar-refractivity contribution in [2.75, 3.05) is 7.11 Å². The van der Waals surface area contributed by atoms with Crippen LogP contribution in [0.4, 0.5) is 0 Å². The number of aromatic nitrogens is 2. The molecule has 2 heterocycles. The fourth-order valence-electron chi connectivity index (χ4n) is 2.24. The second kappa shape index (κ2) is 4.92. The van der Waals surface area contributed by atoms with E-state index >= 15 is 0 Å². The average Bonchev–Trinajstić information content (AvgIpc) is 3.07. The Morgan fingerprint density at radius 2 is 2.24 bits per heavy atom. The summed E-state index contributed by atoms with van der Waals surface area (Å²) < 4.78 is 13.1. The van der Waals surface area contributed by atoms with Crippen molar-refractivity contribution in [2.24, 2.45) is 7.05 Å². The van der Waals surface area contributed by atoms with Crippen LogP contribution in [0, 0.1) is 0 Å². The van der Waals surface area contributed by atoms with E-state index in [1.165, 1.54) is 10.7 Å². The number of hydrogen-bond acceptors (Lipinski definition) is 4. The summed E-state index contributed by atoms with van der Waals surface area (Å²) in [5.41, 5.74) is 2.07. The lowest BCUT2D eigenvalue weighted by Crippen LogP contribution is -1.99. The largest absolute Gasteiger partial charge is 0.493 e. The van der Waals surface area contributed by atoms with E-state index in [-0.39, 0.29) is 5.69 Å². The molecule has 0 unspecified atom stereocenters. The molecule has 2 aromatic heterocycles. The highest BCUT2D eigenvalue weighted by molar-refractivity contribution is 9.10. The van der Waals surface area contributed by atoms with Gasteiger partial charge in [0.15, 0.2) is 17.0 Å². The highest BCUT2D eigenvalue weighted by atomic mass is 79.9. The van der Waals surface area contributed by atoms with Gasteiger partial charge in [0.25, 0.3) is 0 Å².